The van der Waals surface area contributed by atoms with Crippen LogP contribution in [0.15, 0.2) is 215 Å². The summed E-state index contributed by atoms with van der Waals surface area (Å²) in [5.74, 6) is 1.57. The van der Waals surface area contributed by atoms with Crippen LogP contribution in [0.5, 0.6) is 0 Å². The van der Waals surface area contributed by atoms with Gasteiger partial charge in [-0.25, -0.2) is 15.0 Å². The Bertz CT molecular complexity index is 4250. The quantitative estimate of drug-likeness (QED) is 0.173. The first kappa shape index (κ1) is 35.7. The van der Waals surface area contributed by atoms with Crippen molar-refractivity contribution in [1.82, 2.24) is 19.5 Å². The van der Waals surface area contributed by atoms with Gasteiger partial charge in [0.25, 0.3) is 0 Å². The van der Waals surface area contributed by atoms with Crippen molar-refractivity contribution in [2.45, 2.75) is 0 Å². The molecule has 0 N–H and O–H groups in total. The molecule has 0 saturated carbocycles. The Morgan fingerprint density at radius 1 is 0.338 bits per heavy atom. The fourth-order valence-corrected chi connectivity index (χ4v) is 10.1. The van der Waals surface area contributed by atoms with E-state index in [1.54, 1.807) is 0 Å². The topological polar surface area (TPSA) is 69.9 Å². The molecule has 65 heavy (non-hydrogen) atoms. The van der Waals surface area contributed by atoms with Crippen molar-refractivity contribution in [1.29, 1.82) is 0 Å². The Balaban J connectivity index is 1.14. The maximum atomic E-state index is 7.13. The Hall–Kier alpha value is -8.87. The van der Waals surface area contributed by atoms with Gasteiger partial charge in [-0.05, 0) is 87.3 Å². The average molecular weight is 831 g/mol. The summed E-state index contributed by atoms with van der Waals surface area (Å²) in [4.78, 5) is 16.4. The van der Waals surface area contributed by atoms with E-state index in [9.17, 15) is 0 Å². The zero-order valence-corrected chi connectivity index (χ0v) is 34.7. The lowest BCUT2D eigenvalue weighted by Gasteiger charge is -2.16. The van der Waals surface area contributed by atoms with Crippen molar-refractivity contribution in [3.63, 3.8) is 0 Å². The van der Waals surface area contributed by atoms with Gasteiger partial charge in [0.15, 0.2) is 17.5 Å². The first-order valence-corrected chi connectivity index (χ1v) is 21.8. The maximum absolute atomic E-state index is 7.13. The van der Waals surface area contributed by atoms with Gasteiger partial charge in [0.1, 0.15) is 22.3 Å². The third kappa shape index (κ3) is 5.44. The van der Waals surface area contributed by atoms with Crippen LogP contribution in [0, 0.1) is 0 Å². The van der Waals surface area contributed by atoms with Gasteiger partial charge in [-0.1, -0.05) is 152 Å². The van der Waals surface area contributed by atoms with Crippen molar-refractivity contribution in [2.75, 3.05) is 0 Å². The van der Waals surface area contributed by atoms with Crippen LogP contribution in [0.3, 0.4) is 0 Å². The van der Waals surface area contributed by atoms with Gasteiger partial charge in [0.2, 0.25) is 0 Å². The molecule has 6 nitrogen and oxygen atoms in total. The molecule has 0 bridgehead atoms. The van der Waals surface area contributed by atoms with E-state index in [1.807, 2.05) is 36.4 Å². The van der Waals surface area contributed by atoms with E-state index >= 15 is 0 Å². The Labute approximate surface area is 371 Å². The van der Waals surface area contributed by atoms with Gasteiger partial charge in [0, 0.05) is 43.4 Å². The van der Waals surface area contributed by atoms with Gasteiger partial charge in [0.05, 0.1) is 22.3 Å². The van der Waals surface area contributed by atoms with Crippen LogP contribution in [0.1, 0.15) is 0 Å². The first-order chi connectivity index (χ1) is 32.2. The second kappa shape index (κ2) is 13.8. The number of hydrogen-bond acceptors (Lipinski definition) is 5. The van der Waals surface area contributed by atoms with Crippen molar-refractivity contribution < 1.29 is 8.83 Å². The monoisotopic (exact) mass is 830 g/mol. The molecular formula is C59H34N4O2. The number of para-hydroxylation sites is 2. The Morgan fingerprint density at radius 2 is 1.00 bits per heavy atom. The summed E-state index contributed by atoms with van der Waals surface area (Å²) in [5.41, 5.74) is 10.8. The van der Waals surface area contributed by atoms with E-state index in [-0.39, 0.29) is 0 Å². The van der Waals surface area contributed by atoms with Crippen molar-refractivity contribution in [2.24, 2.45) is 0 Å². The molecule has 14 rings (SSSR count). The highest BCUT2D eigenvalue weighted by molar-refractivity contribution is 6.22. The number of hydrogen-bond donors (Lipinski definition) is 0. The molecule has 0 aliphatic heterocycles. The predicted molar refractivity (Wildman–Crippen MR) is 265 cm³/mol. The summed E-state index contributed by atoms with van der Waals surface area (Å²) in [5, 5.41) is 10.9. The van der Waals surface area contributed by atoms with Crippen LogP contribution >= 0.6 is 0 Å². The molecule has 4 aromatic heterocycles. The van der Waals surface area contributed by atoms with Gasteiger partial charge in [-0.15, -0.1) is 0 Å². The highest BCUT2D eigenvalue weighted by Crippen LogP contribution is 2.45. The van der Waals surface area contributed by atoms with Crippen LogP contribution in [0.2, 0.25) is 0 Å². The molecule has 14 aromatic rings. The predicted octanol–water partition coefficient (Wildman–Crippen LogP) is 15.7. The smallest absolute Gasteiger partial charge is 0.170 e. The molecule has 0 aliphatic carbocycles. The Morgan fingerprint density at radius 3 is 1.89 bits per heavy atom. The van der Waals surface area contributed by atoms with Gasteiger partial charge >= 0.3 is 0 Å². The van der Waals surface area contributed by atoms with E-state index < -0.39 is 0 Å². The van der Waals surface area contributed by atoms with Crippen LogP contribution in [0.4, 0.5) is 0 Å². The summed E-state index contributed by atoms with van der Waals surface area (Å²) in [6.07, 6.45) is 0. The van der Waals surface area contributed by atoms with Gasteiger partial charge in [-0.2, -0.15) is 0 Å². The SMILES string of the molecule is c1ccc(-c2cccc(-c3nc(-c4c(-n5c6ccccc6c6cc7ccccc7cc65)ccc5c4oc4ccc6ccccc6c45)nc(-c4cccc5oc6ccccc6c45)n3)c2)cc1. The normalized spacial score (nSPS) is 12.0. The second-order valence-electron chi connectivity index (χ2n) is 16.7. The minimum Gasteiger partial charge on any atom is -0.456 e. The number of benzene rings is 10. The molecule has 0 amide bonds. The lowest BCUT2D eigenvalue weighted by atomic mass is 10.0. The molecule has 6 heteroatoms. The molecule has 0 aliphatic rings. The molecule has 4 heterocycles. The summed E-state index contributed by atoms with van der Waals surface area (Å²) in [6, 6.07) is 72.1. The lowest BCUT2D eigenvalue weighted by Crippen LogP contribution is -2.04. The third-order valence-electron chi connectivity index (χ3n) is 13.0. The molecule has 10 aromatic carbocycles. The van der Waals surface area contributed by atoms with E-state index in [1.165, 1.54) is 5.39 Å². The number of nitrogens with zero attached hydrogens (tertiary/aromatic N) is 4. The summed E-state index contributed by atoms with van der Waals surface area (Å²) < 4.78 is 15.9. The minimum atomic E-state index is 0.496. The number of rotatable bonds is 5. The Kier molecular flexibility index (Phi) is 7.59. The van der Waals surface area contributed by atoms with Crippen molar-refractivity contribution >= 4 is 87.2 Å². The van der Waals surface area contributed by atoms with Crippen LogP contribution in [-0.2, 0) is 0 Å². The minimum absolute atomic E-state index is 0.496. The second-order valence-corrected chi connectivity index (χ2v) is 16.7. The van der Waals surface area contributed by atoms with Gasteiger partial charge in [-0.3, -0.25) is 0 Å². The third-order valence-corrected chi connectivity index (χ3v) is 13.0. The summed E-state index contributed by atoms with van der Waals surface area (Å²) in [6.45, 7) is 0. The number of fused-ring (bicyclic) bond motifs is 12. The lowest BCUT2D eigenvalue weighted by molar-refractivity contribution is 0.668. The molecule has 0 radical (unpaired) electrons. The molecular weight excluding hydrogens is 797 g/mol. The van der Waals surface area contributed by atoms with Crippen LogP contribution in [0.25, 0.3) is 138 Å². The molecule has 0 unspecified atom stereocenters. The summed E-state index contributed by atoms with van der Waals surface area (Å²) >= 11 is 0. The zero-order valence-electron chi connectivity index (χ0n) is 34.7. The van der Waals surface area contributed by atoms with E-state index in [2.05, 4.69) is 174 Å². The molecule has 0 atom stereocenters. The summed E-state index contributed by atoms with van der Waals surface area (Å²) in [7, 11) is 0. The number of aromatic nitrogens is 4. The standard InChI is InChI=1S/C59H34N4O2/c1-2-14-35(15-3-1)37-19-12-20-40(32-37)57-60-58(45-24-13-27-51-54(45)43-23-9-11-26-50(43)64-51)62-59(61-57)55-48(30-29-44-53-41-21-7-6-16-36(41)28-31-52(53)65-56(44)55)63-47-25-10-8-22-42(47)46-33-38-17-4-5-18-39(38)34-49(46)63/h1-34H. The highest BCUT2D eigenvalue weighted by atomic mass is 16.3. The van der Waals surface area contributed by atoms with E-state index in [0.29, 0.717) is 23.1 Å². The van der Waals surface area contributed by atoms with E-state index in [4.69, 9.17) is 23.8 Å². The highest BCUT2D eigenvalue weighted by Gasteiger charge is 2.26. The van der Waals surface area contributed by atoms with Gasteiger partial charge < -0.3 is 13.4 Å². The van der Waals surface area contributed by atoms with E-state index in [0.717, 1.165) is 110 Å². The average Bonchev–Trinajstić information content (AvgIpc) is 4.05. The maximum Gasteiger partial charge on any atom is 0.170 e. The van der Waals surface area contributed by atoms with Crippen molar-refractivity contribution in [3.8, 4) is 51.0 Å². The van der Waals surface area contributed by atoms with Crippen LogP contribution < -0.4 is 0 Å². The fourth-order valence-electron chi connectivity index (χ4n) is 10.1. The molecule has 0 saturated heterocycles. The fraction of sp³-hybridized carbons (Fsp3) is 0. The molecule has 302 valence electrons. The molecule has 0 spiro atoms. The largest absolute Gasteiger partial charge is 0.456 e. The zero-order chi connectivity index (χ0) is 42.6. The van der Waals surface area contributed by atoms with Crippen molar-refractivity contribution in [3.05, 3.63) is 206 Å². The molecule has 0 fully saturated rings. The number of furan rings is 2. The van der Waals surface area contributed by atoms with Crippen LogP contribution in [-0.4, -0.2) is 19.5 Å². The first-order valence-electron chi connectivity index (χ1n) is 21.8.